The lowest BCUT2D eigenvalue weighted by Gasteiger charge is -2.05. The summed E-state index contributed by atoms with van der Waals surface area (Å²) in [7, 11) is -3.11. The van der Waals surface area contributed by atoms with E-state index >= 15 is 0 Å². The standard InChI is InChI=1S/C5H12O4S/c1-10(8,9)4-5(7)2-3-6/h5-7H,2-4H2,1H3. The molecular formula is C5H12O4S. The molecular weight excluding hydrogens is 156 g/mol. The Morgan fingerprint density at radius 2 is 2.00 bits per heavy atom. The van der Waals surface area contributed by atoms with E-state index in [0.29, 0.717) is 0 Å². The van der Waals surface area contributed by atoms with Gasteiger partial charge in [-0.25, -0.2) is 8.42 Å². The summed E-state index contributed by atoms with van der Waals surface area (Å²) in [5.41, 5.74) is 0. The molecule has 62 valence electrons. The summed E-state index contributed by atoms with van der Waals surface area (Å²) in [5, 5.41) is 17.1. The molecule has 0 heterocycles. The molecule has 0 bridgehead atoms. The van der Waals surface area contributed by atoms with Gasteiger partial charge in [0, 0.05) is 12.9 Å². The molecule has 0 aromatic heterocycles. The minimum Gasteiger partial charge on any atom is -0.396 e. The van der Waals surface area contributed by atoms with E-state index in [1.54, 1.807) is 0 Å². The Balaban J connectivity index is 3.69. The molecule has 4 nitrogen and oxygen atoms in total. The van der Waals surface area contributed by atoms with Crippen molar-refractivity contribution in [1.29, 1.82) is 0 Å². The van der Waals surface area contributed by atoms with Gasteiger partial charge in [0.25, 0.3) is 0 Å². The predicted molar refractivity (Wildman–Crippen MR) is 37.4 cm³/mol. The first-order chi connectivity index (χ1) is 4.45. The molecule has 0 aromatic carbocycles. The molecule has 0 aliphatic rings. The molecule has 2 N–H and O–H groups in total. The first-order valence-electron chi connectivity index (χ1n) is 2.92. The second-order valence-electron chi connectivity index (χ2n) is 2.26. The van der Waals surface area contributed by atoms with E-state index in [1.165, 1.54) is 0 Å². The van der Waals surface area contributed by atoms with Crippen LogP contribution in [0, 0.1) is 0 Å². The van der Waals surface area contributed by atoms with E-state index in [9.17, 15) is 8.42 Å². The summed E-state index contributed by atoms with van der Waals surface area (Å²) in [6.07, 6.45) is 0.237. The average molecular weight is 168 g/mol. The summed E-state index contributed by atoms with van der Waals surface area (Å²) in [6, 6.07) is 0. The average Bonchev–Trinajstić information content (AvgIpc) is 1.59. The molecule has 0 aromatic rings. The Hall–Kier alpha value is -0.130. The number of sulfone groups is 1. The normalized spacial score (nSPS) is 15.1. The third kappa shape index (κ3) is 6.00. The van der Waals surface area contributed by atoms with Crippen LogP contribution in [0.2, 0.25) is 0 Å². The summed E-state index contributed by atoms with van der Waals surface area (Å²) in [4.78, 5) is 0. The van der Waals surface area contributed by atoms with Crippen LogP contribution in [-0.4, -0.2) is 43.4 Å². The first-order valence-corrected chi connectivity index (χ1v) is 4.98. The monoisotopic (exact) mass is 168 g/mol. The largest absolute Gasteiger partial charge is 0.396 e. The Labute approximate surface area is 60.4 Å². The van der Waals surface area contributed by atoms with Gasteiger partial charge in [-0.1, -0.05) is 0 Å². The summed E-state index contributed by atoms with van der Waals surface area (Å²) >= 11 is 0. The van der Waals surface area contributed by atoms with Crippen molar-refractivity contribution in [3.05, 3.63) is 0 Å². The molecule has 0 radical (unpaired) electrons. The number of aliphatic hydroxyl groups is 2. The molecule has 0 amide bonds. The van der Waals surface area contributed by atoms with Gasteiger partial charge in [-0.15, -0.1) is 0 Å². The zero-order valence-electron chi connectivity index (χ0n) is 5.82. The van der Waals surface area contributed by atoms with Gasteiger partial charge in [0.05, 0.1) is 11.9 Å². The predicted octanol–water partition coefficient (Wildman–Crippen LogP) is -1.23. The Kier molecular flexibility index (Phi) is 3.85. The van der Waals surface area contributed by atoms with E-state index in [0.717, 1.165) is 6.26 Å². The van der Waals surface area contributed by atoms with E-state index in [1.807, 2.05) is 0 Å². The van der Waals surface area contributed by atoms with E-state index in [2.05, 4.69) is 0 Å². The number of hydrogen-bond acceptors (Lipinski definition) is 4. The third-order valence-electron chi connectivity index (χ3n) is 0.957. The highest BCUT2D eigenvalue weighted by Gasteiger charge is 2.10. The van der Waals surface area contributed by atoms with Gasteiger partial charge in [0.1, 0.15) is 9.84 Å². The molecule has 0 spiro atoms. The fourth-order valence-electron chi connectivity index (χ4n) is 0.582. The highest BCUT2D eigenvalue weighted by molar-refractivity contribution is 7.90. The van der Waals surface area contributed by atoms with E-state index < -0.39 is 15.9 Å². The molecule has 0 saturated heterocycles. The van der Waals surface area contributed by atoms with Gasteiger partial charge < -0.3 is 10.2 Å². The van der Waals surface area contributed by atoms with Crippen molar-refractivity contribution >= 4 is 9.84 Å². The first kappa shape index (κ1) is 9.87. The fraction of sp³-hybridized carbons (Fsp3) is 1.00. The highest BCUT2D eigenvalue weighted by atomic mass is 32.2. The zero-order valence-corrected chi connectivity index (χ0v) is 6.63. The summed E-state index contributed by atoms with van der Waals surface area (Å²) in [6.45, 7) is -0.184. The van der Waals surface area contributed by atoms with E-state index in [4.69, 9.17) is 10.2 Å². The number of hydrogen-bond donors (Lipinski definition) is 2. The molecule has 0 rings (SSSR count). The maximum absolute atomic E-state index is 10.5. The minimum atomic E-state index is -3.11. The number of rotatable bonds is 4. The third-order valence-corrected chi connectivity index (χ3v) is 1.95. The molecule has 5 heteroatoms. The van der Waals surface area contributed by atoms with Gasteiger partial charge in [-0.3, -0.25) is 0 Å². The second-order valence-corrected chi connectivity index (χ2v) is 4.44. The van der Waals surface area contributed by atoms with Crippen LogP contribution in [-0.2, 0) is 9.84 Å². The quantitative estimate of drug-likeness (QED) is 0.551. The second kappa shape index (κ2) is 3.90. The SMILES string of the molecule is CS(=O)(=O)CC(O)CCO. The van der Waals surface area contributed by atoms with Crippen LogP contribution in [0.15, 0.2) is 0 Å². The van der Waals surface area contributed by atoms with Gasteiger partial charge in [-0.05, 0) is 6.42 Å². The molecule has 1 atom stereocenters. The van der Waals surface area contributed by atoms with Crippen molar-refractivity contribution in [3.63, 3.8) is 0 Å². The van der Waals surface area contributed by atoms with Crippen molar-refractivity contribution in [2.45, 2.75) is 12.5 Å². The maximum Gasteiger partial charge on any atom is 0.149 e. The zero-order chi connectivity index (χ0) is 8.20. The Bertz CT molecular complexity index is 172. The van der Waals surface area contributed by atoms with Crippen LogP contribution in [0.1, 0.15) is 6.42 Å². The Morgan fingerprint density at radius 3 is 2.30 bits per heavy atom. The van der Waals surface area contributed by atoms with Crippen LogP contribution in [0.3, 0.4) is 0 Å². The van der Waals surface area contributed by atoms with Crippen molar-refractivity contribution in [1.82, 2.24) is 0 Å². The topological polar surface area (TPSA) is 74.6 Å². The maximum atomic E-state index is 10.5. The molecule has 0 aliphatic carbocycles. The van der Waals surface area contributed by atoms with Crippen LogP contribution >= 0.6 is 0 Å². The van der Waals surface area contributed by atoms with Crippen molar-refractivity contribution in [3.8, 4) is 0 Å². The number of aliphatic hydroxyl groups excluding tert-OH is 2. The molecule has 1 unspecified atom stereocenters. The highest BCUT2D eigenvalue weighted by Crippen LogP contribution is 1.94. The van der Waals surface area contributed by atoms with Gasteiger partial charge >= 0.3 is 0 Å². The van der Waals surface area contributed by atoms with Crippen molar-refractivity contribution in [2.24, 2.45) is 0 Å². The van der Waals surface area contributed by atoms with Crippen LogP contribution in [0.5, 0.6) is 0 Å². The van der Waals surface area contributed by atoms with Crippen LogP contribution < -0.4 is 0 Å². The molecule has 0 saturated carbocycles. The van der Waals surface area contributed by atoms with Crippen LogP contribution in [0.25, 0.3) is 0 Å². The van der Waals surface area contributed by atoms with Gasteiger partial charge in [0.15, 0.2) is 0 Å². The Morgan fingerprint density at radius 1 is 1.50 bits per heavy atom. The fourth-order valence-corrected chi connectivity index (χ4v) is 1.45. The lowest BCUT2D eigenvalue weighted by atomic mass is 10.3. The summed E-state index contributed by atoms with van der Waals surface area (Å²) < 4.78 is 20.9. The van der Waals surface area contributed by atoms with Crippen LogP contribution in [0.4, 0.5) is 0 Å². The lowest BCUT2D eigenvalue weighted by Crippen LogP contribution is -2.20. The summed E-state index contributed by atoms with van der Waals surface area (Å²) in [5.74, 6) is -0.270. The van der Waals surface area contributed by atoms with Crippen molar-refractivity contribution < 1.29 is 18.6 Å². The van der Waals surface area contributed by atoms with Gasteiger partial charge in [0.2, 0.25) is 0 Å². The van der Waals surface area contributed by atoms with Crippen molar-refractivity contribution in [2.75, 3.05) is 18.6 Å². The molecule has 10 heavy (non-hydrogen) atoms. The van der Waals surface area contributed by atoms with Gasteiger partial charge in [-0.2, -0.15) is 0 Å². The molecule has 0 fully saturated rings. The lowest BCUT2D eigenvalue weighted by molar-refractivity contribution is 0.151. The minimum absolute atomic E-state index is 0.118. The van der Waals surface area contributed by atoms with E-state index in [-0.39, 0.29) is 18.8 Å². The molecule has 0 aliphatic heterocycles. The smallest absolute Gasteiger partial charge is 0.149 e.